The van der Waals surface area contributed by atoms with Gasteiger partial charge in [0.25, 0.3) is 0 Å². The van der Waals surface area contributed by atoms with Crippen LogP contribution < -0.4 is 0 Å². The molecule has 0 aromatic heterocycles. The average molecular weight is 170 g/mol. The third-order valence-corrected chi connectivity index (χ3v) is 1.78. The minimum absolute atomic E-state index is 0.00694. The van der Waals surface area contributed by atoms with Gasteiger partial charge in [0.05, 0.1) is 0 Å². The van der Waals surface area contributed by atoms with E-state index in [4.69, 9.17) is 0 Å². The number of halogens is 3. The molecule has 0 N–H and O–H groups in total. The Morgan fingerprint density at radius 1 is 1.27 bits per heavy atom. The van der Waals surface area contributed by atoms with Gasteiger partial charge in [0, 0.05) is 7.11 Å². The molecule has 0 amide bonds. The maximum atomic E-state index is 12.2. The molecule has 0 radical (unpaired) electrons. The fourth-order valence-electron chi connectivity index (χ4n) is 0.837. The van der Waals surface area contributed by atoms with E-state index in [0.717, 1.165) is 14.0 Å². The molecule has 11 heavy (non-hydrogen) atoms. The SMILES string of the molecule is CCC[C@@](C)(OC)C(F)(F)F. The van der Waals surface area contributed by atoms with Gasteiger partial charge in [-0.25, -0.2) is 0 Å². The van der Waals surface area contributed by atoms with Crippen LogP contribution in [-0.4, -0.2) is 18.9 Å². The van der Waals surface area contributed by atoms with E-state index in [9.17, 15) is 13.2 Å². The van der Waals surface area contributed by atoms with Crippen LogP contribution in [0.5, 0.6) is 0 Å². The van der Waals surface area contributed by atoms with Crippen LogP contribution in [0.15, 0.2) is 0 Å². The van der Waals surface area contributed by atoms with Crippen LogP contribution in [-0.2, 0) is 4.74 Å². The van der Waals surface area contributed by atoms with Crippen LogP contribution in [0.3, 0.4) is 0 Å². The predicted octanol–water partition coefficient (Wildman–Crippen LogP) is 2.75. The van der Waals surface area contributed by atoms with Crippen molar-refractivity contribution in [2.24, 2.45) is 0 Å². The molecule has 0 saturated heterocycles. The first kappa shape index (κ1) is 10.8. The van der Waals surface area contributed by atoms with Gasteiger partial charge in [-0.05, 0) is 13.3 Å². The molecule has 0 unspecified atom stereocenters. The van der Waals surface area contributed by atoms with E-state index in [1.807, 2.05) is 0 Å². The smallest absolute Gasteiger partial charge is 0.369 e. The summed E-state index contributed by atoms with van der Waals surface area (Å²) in [5, 5.41) is 0. The van der Waals surface area contributed by atoms with Crippen molar-refractivity contribution in [1.82, 2.24) is 0 Å². The second-order valence-corrected chi connectivity index (χ2v) is 2.68. The monoisotopic (exact) mass is 170 g/mol. The Balaban J connectivity index is 4.33. The molecule has 68 valence electrons. The van der Waals surface area contributed by atoms with Crippen molar-refractivity contribution >= 4 is 0 Å². The summed E-state index contributed by atoms with van der Waals surface area (Å²) in [4.78, 5) is 0. The van der Waals surface area contributed by atoms with Gasteiger partial charge < -0.3 is 4.74 Å². The van der Waals surface area contributed by atoms with Gasteiger partial charge in [-0.3, -0.25) is 0 Å². The van der Waals surface area contributed by atoms with Crippen molar-refractivity contribution < 1.29 is 17.9 Å². The Labute approximate surface area is 64.5 Å². The highest BCUT2D eigenvalue weighted by Gasteiger charge is 2.50. The molecule has 0 aliphatic heterocycles. The van der Waals surface area contributed by atoms with Crippen molar-refractivity contribution in [2.45, 2.75) is 38.5 Å². The van der Waals surface area contributed by atoms with E-state index in [1.54, 1.807) is 6.92 Å². The summed E-state index contributed by atoms with van der Waals surface area (Å²) < 4.78 is 40.9. The number of rotatable bonds is 3. The van der Waals surface area contributed by atoms with E-state index in [0.29, 0.717) is 6.42 Å². The molecule has 0 spiro atoms. The van der Waals surface area contributed by atoms with Crippen LogP contribution in [0, 0.1) is 0 Å². The average Bonchev–Trinajstić information content (AvgIpc) is 1.86. The highest BCUT2D eigenvalue weighted by Crippen LogP contribution is 2.36. The predicted molar refractivity (Wildman–Crippen MR) is 36.4 cm³/mol. The molecule has 1 nitrogen and oxygen atoms in total. The van der Waals surface area contributed by atoms with E-state index in [-0.39, 0.29) is 6.42 Å². The Hall–Kier alpha value is -0.250. The minimum Gasteiger partial charge on any atom is -0.369 e. The standard InChI is InChI=1S/C7H13F3O/c1-4-5-6(2,11-3)7(8,9)10/h4-5H2,1-3H3/t6-/m1/s1. The Bertz CT molecular complexity index is 121. The van der Waals surface area contributed by atoms with E-state index >= 15 is 0 Å². The molecule has 0 fully saturated rings. The normalized spacial score (nSPS) is 18.0. The molecule has 0 aliphatic carbocycles. The van der Waals surface area contributed by atoms with Gasteiger partial charge in [0.1, 0.15) is 0 Å². The van der Waals surface area contributed by atoms with Crippen LogP contribution in [0.2, 0.25) is 0 Å². The first-order valence-electron chi connectivity index (χ1n) is 3.49. The van der Waals surface area contributed by atoms with Gasteiger partial charge in [0.2, 0.25) is 0 Å². The molecule has 0 saturated carbocycles. The minimum atomic E-state index is -4.27. The summed E-state index contributed by atoms with van der Waals surface area (Å²) in [5.74, 6) is 0. The van der Waals surface area contributed by atoms with Crippen LogP contribution in [0.4, 0.5) is 13.2 Å². The molecule has 0 heterocycles. The molecule has 4 heteroatoms. The second kappa shape index (κ2) is 3.43. The lowest BCUT2D eigenvalue weighted by Crippen LogP contribution is -2.43. The molecule has 0 rings (SSSR count). The highest BCUT2D eigenvalue weighted by molar-refractivity contribution is 4.82. The summed E-state index contributed by atoms with van der Waals surface area (Å²) in [7, 11) is 1.09. The fraction of sp³-hybridized carbons (Fsp3) is 1.00. The number of hydrogen-bond acceptors (Lipinski definition) is 1. The molecule has 0 aromatic rings. The summed E-state index contributed by atoms with van der Waals surface area (Å²) in [6.07, 6.45) is -3.80. The summed E-state index contributed by atoms with van der Waals surface area (Å²) in [5.41, 5.74) is -1.97. The third kappa shape index (κ3) is 2.36. The zero-order chi connectivity index (χ0) is 9.12. The molecular weight excluding hydrogens is 157 g/mol. The molecule has 1 atom stereocenters. The second-order valence-electron chi connectivity index (χ2n) is 2.68. The van der Waals surface area contributed by atoms with E-state index in [2.05, 4.69) is 4.74 Å². The maximum Gasteiger partial charge on any atom is 0.417 e. The number of methoxy groups -OCH3 is 1. The van der Waals surface area contributed by atoms with Gasteiger partial charge in [-0.1, -0.05) is 13.3 Å². The topological polar surface area (TPSA) is 9.23 Å². The molecule has 0 aliphatic rings. The lowest BCUT2D eigenvalue weighted by atomic mass is 10.00. The van der Waals surface area contributed by atoms with Gasteiger partial charge in [-0.2, -0.15) is 13.2 Å². The molecular formula is C7H13F3O. The first-order valence-corrected chi connectivity index (χ1v) is 3.49. The number of alkyl halides is 3. The molecule has 0 aromatic carbocycles. The van der Waals surface area contributed by atoms with Crippen LogP contribution in [0.1, 0.15) is 26.7 Å². The van der Waals surface area contributed by atoms with Gasteiger partial charge >= 0.3 is 6.18 Å². The Kier molecular flexibility index (Phi) is 3.35. The summed E-state index contributed by atoms with van der Waals surface area (Å²) in [6, 6.07) is 0. The zero-order valence-corrected chi connectivity index (χ0v) is 6.96. The fourth-order valence-corrected chi connectivity index (χ4v) is 0.837. The van der Waals surface area contributed by atoms with Crippen molar-refractivity contribution in [2.75, 3.05) is 7.11 Å². The van der Waals surface area contributed by atoms with Gasteiger partial charge in [0.15, 0.2) is 5.60 Å². The van der Waals surface area contributed by atoms with Crippen molar-refractivity contribution in [3.8, 4) is 0 Å². The van der Waals surface area contributed by atoms with E-state index < -0.39 is 11.8 Å². The van der Waals surface area contributed by atoms with Crippen molar-refractivity contribution in [3.05, 3.63) is 0 Å². The highest BCUT2D eigenvalue weighted by atomic mass is 19.4. The number of hydrogen-bond donors (Lipinski definition) is 0. The maximum absolute atomic E-state index is 12.2. The Morgan fingerprint density at radius 3 is 1.82 bits per heavy atom. The first-order chi connectivity index (χ1) is 4.87. The van der Waals surface area contributed by atoms with Crippen molar-refractivity contribution in [3.63, 3.8) is 0 Å². The van der Waals surface area contributed by atoms with Crippen LogP contribution in [0.25, 0.3) is 0 Å². The summed E-state index contributed by atoms with van der Waals surface area (Å²) >= 11 is 0. The third-order valence-electron chi connectivity index (χ3n) is 1.78. The van der Waals surface area contributed by atoms with Crippen molar-refractivity contribution in [1.29, 1.82) is 0 Å². The lowest BCUT2D eigenvalue weighted by Gasteiger charge is -2.29. The van der Waals surface area contributed by atoms with E-state index in [1.165, 1.54) is 0 Å². The Morgan fingerprint density at radius 2 is 1.73 bits per heavy atom. The van der Waals surface area contributed by atoms with Crippen LogP contribution >= 0.6 is 0 Å². The quantitative estimate of drug-likeness (QED) is 0.632. The summed E-state index contributed by atoms with van der Waals surface area (Å²) in [6.45, 7) is 2.76. The lowest BCUT2D eigenvalue weighted by molar-refractivity contribution is -0.264. The largest absolute Gasteiger partial charge is 0.417 e. The molecule has 0 bridgehead atoms. The zero-order valence-electron chi connectivity index (χ0n) is 6.96. The van der Waals surface area contributed by atoms with Gasteiger partial charge in [-0.15, -0.1) is 0 Å². The number of ether oxygens (including phenoxy) is 1.